The molecule has 0 radical (unpaired) electrons. The first kappa shape index (κ1) is 10.5. The molecule has 0 aromatic rings. The summed E-state index contributed by atoms with van der Waals surface area (Å²) in [6, 6.07) is 0. The normalized spacial score (nSPS) is 31.1. The summed E-state index contributed by atoms with van der Waals surface area (Å²) in [5.74, 6) is 0. The van der Waals surface area contributed by atoms with Crippen LogP contribution in [0.2, 0.25) is 0 Å². The van der Waals surface area contributed by atoms with E-state index < -0.39 is 0 Å². The van der Waals surface area contributed by atoms with Gasteiger partial charge in [0.25, 0.3) is 0 Å². The van der Waals surface area contributed by atoms with Gasteiger partial charge in [0.1, 0.15) is 0 Å². The van der Waals surface area contributed by atoms with Gasteiger partial charge in [-0.15, -0.1) is 0 Å². The molecule has 1 fully saturated rings. The van der Waals surface area contributed by atoms with E-state index in [1.165, 1.54) is 5.57 Å². The van der Waals surface area contributed by atoms with Gasteiger partial charge >= 0.3 is 0 Å². The quantitative estimate of drug-likeness (QED) is 0.450. The summed E-state index contributed by atoms with van der Waals surface area (Å²) in [7, 11) is 0. The predicted octanol–water partition coefficient (Wildman–Crippen LogP) is 2.52. The van der Waals surface area contributed by atoms with Crippen LogP contribution in [-0.2, 0) is 9.47 Å². The lowest BCUT2D eigenvalue weighted by Crippen LogP contribution is -2.20. The lowest BCUT2D eigenvalue weighted by Gasteiger charge is -2.14. The topological polar surface area (TPSA) is 18.5 Å². The van der Waals surface area contributed by atoms with Crippen LogP contribution in [0.1, 0.15) is 20.3 Å². The molecule has 0 N–H and O–H groups in total. The van der Waals surface area contributed by atoms with Crippen molar-refractivity contribution in [1.29, 1.82) is 0 Å². The molecule has 1 aliphatic rings. The second kappa shape index (κ2) is 5.19. The van der Waals surface area contributed by atoms with E-state index in [4.69, 9.17) is 9.47 Å². The monoisotopic (exact) mass is 282 g/mol. The highest BCUT2D eigenvalue weighted by Crippen LogP contribution is 2.22. The molecule has 0 aromatic carbocycles. The van der Waals surface area contributed by atoms with E-state index in [9.17, 15) is 0 Å². The summed E-state index contributed by atoms with van der Waals surface area (Å²) >= 11 is 2.38. The molecule has 0 aromatic heterocycles. The highest BCUT2D eigenvalue weighted by Gasteiger charge is 2.26. The van der Waals surface area contributed by atoms with Gasteiger partial charge in [-0.2, -0.15) is 0 Å². The van der Waals surface area contributed by atoms with Crippen LogP contribution in [0, 0.1) is 0 Å². The molecule has 3 heteroatoms. The van der Waals surface area contributed by atoms with Crippen molar-refractivity contribution in [2.24, 2.45) is 0 Å². The van der Waals surface area contributed by atoms with Crippen LogP contribution in [0.5, 0.6) is 0 Å². The molecule has 2 atom stereocenters. The maximum Gasteiger partial charge on any atom is 0.169 e. The third kappa shape index (κ3) is 3.03. The van der Waals surface area contributed by atoms with Gasteiger partial charge in [0.05, 0.1) is 17.1 Å². The van der Waals surface area contributed by atoms with Crippen molar-refractivity contribution in [3.8, 4) is 0 Å². The minimum Gasteiger partial charge on any atom is -0.351 e. The molecular weight excluding hydrogens is 267 g/mol. The summed E-state index contributed by atoms with van der Waals surface area (Å²) < 4.78 is 11.5. The zero-order valence-electron chi connectivity index (χ0n) is 7.55. The van der Waals surface area contributed by atoms with E-state index in [1.807, 2.05) is 6.92 Å². The number of halogens is 1. The number of ether oxygens (including phenoxy) is 2. The first-order valence-electron chi connectivity index (χ1n) is 4.23. The fraction of sp³-hybridized carbons (Fsp3) is 0.778. The molecule has 0 spiro atoms. The molecular formula is C9H15IO2. The molecule has 2 nitrogen and oxygen atoms in total. The van der Waals surface area contributed by atoms with Crippen molar-refractivity contribution >= 4 is 22.6 Å². The summed E-state index contributed by atoms with van der Waals surface area (Å²) in [5, 5.41) is 0. The zero-order valence-corrected chi connectivity index (χ0v) is 9.71. The number of allylic oxidation sites excluding steroid dienone is 1. The highest BCUT2D eigenvalue weighted by molar-refractivity contribution is 14.1. The summed E-state index contributed by atoms with van der Waals surface area (Å²) in [6.07, 6.45) is 3.19. The molecule has 1 rings (SSSR count). The van der Waals surface area contributed by atoms with E-state index in [0.717, 1.165) is 13.0 Å². The summed E-state index contributed by atoms with van der Waals surface area (Å²) in [5.41, 5.74) is 1.26. The number of hydrogen-bond acceptors (Lipinski definition) is 2. The van der Waals surface area contributed by atoms with E-state index in [0.29, 0.717) is 10.5 Å². The standard InChI is InChI=1S/C9H15IO2/c1-3-7(2)6-12-9-8(10)4-5-11-9/h3,8-9H,4-6H2,1-2H3/b7-3+/t8-,9?/m1/s1. The van der Waals surface area contributed by atoms with E-state index in [1.54, 1.807) is 0 Å². The van der Waals surface area contributed by atoms with Crippen molar-refractivity contribution < 1.29 is 9.47 Å². The summed E-state index contributed by atoms with van der Waals surface area (Å²) in [4.78, 5) is 0. The average Bonchev–Trinajstić information content (AvgIpc) is 2.47. The van der Waals surface area contributed by atoms with Crippen LogP contribution in [-0.4, -0.2) is 23.4 Å². The van der Waals surface area contributed by atoms with E-state index in [-0.39, 0.29) is 6.29 Å². The molecule has 0 saturated carbocycles. The average molecular weight is 282 g/mol. The van der Waals surface area contributed by atoms with Gasteiger partial charge in [0, 0.05) is 0 Å². The molecule has 1 saturated heterocycles. The van der Waals surface area contributed by atoms with Crippen molar-refractivity contribution in [3.63, 3.8) is 0 Å². The Morgan fingerprint density at radius 1 is 1.75 bits per heavy atom. The van der Waals surface area contributed by atoms with Gasteiger partial charge < -0.3 is 9.47 Å². The van der Waals surface area contributed by atoms with Crippen molar-refractivity contribution in [1.82, 2.24) is 0 Å². The fourth-order valence-electron chi connectivity index (χ4n) is 0.987. The smallest absolute Gasteiger partial charge is 0.169 e. The minimum absolute atomic E-state index is 0.0144. The molecule has 0 aliphatic carbocycles. The Hall–Kier alpha value is 0.390. The molecule has 12 heavy (non-hydrogen) atoms. The Morgan fingerprint density at radius 2 is 2.50 bits per heavy atom. The van der Waals surface area contributed by atoms with Gasteiger partial charge in [-0.25, -0.2) is 0 Å². The van der Waals surface area contributed by atoms with Crippen LogP contribution in [0.3, 0.4) is 0 Å². The van der Waals surface area contributed by atoms with Crippen LogP contribution in [0.25, 0.3) is 0 Å². The Balaban J connectivity index is 2.22. The van der Waals surface area contributed by atoms with Gasteiger partial charge in [0.15, 0.2) is 6.29 Å². The number of alkyl halides is 1. The van der Waals surface area contributed by atoms with E-state index >= 15 is 0 Å². The highest BCUT2D eigenvalue weighted by atomic mass is 127. The third-order valence-electron chi connectivity index (χ3n) is 1.94. The Bertz CT molecular complexity index is 168. The Morgan fingerprint density at radius 3 is 3.00 bits per heavy atom. The maximum atomic E-state index is 5.57. The second-order valence-corrected chi connectivity index (χ2v) is 4.59. The van der Waals surface area contributed by atoms with Gasteiger partial charge in [0.2, 0.25) is 0 Å². The Labute approximate surface area is 87.5 Å². The van der Waals surface area contributed by atoms with Crippen molar-refractivity contribution in [2.45, 2.75) is 30.5 Å². The third-order valence-corrected chi connectivity index (χ3v) is 3.15. The van der Waals surface area contributed by atoms with Crippen LogP contribution < -0.4 is 0 Å². The predicted molar refractivity (Wildman–Crippen MR) is 57.5 cm³/mol. The first-order valence-corrected chi connectivity index (χ1v) is 5.47. The second-order valence-electron chi connectivity index (χ2n) is 2.99. The fourth-order valence-corrected chi connectivity index (χ4v) is 1.66. The van der Waals surface area contributed by atoms with Gasteiger partial charge in [-0.3, -0.25) is 0 Å². The first-order chi connectivity index (χ1) is 5.74. The number of rotatable bonds is 3. The molecule has 1 aliphatic heterocycles. The van der Waals surface area contributed by atoms with Crippen LogP contribution in [0.4, 0.5) is 0 Å². The van der Waals surface area contributed by atoms with E-state index in [2.05, 4.69) is 35.6 Å². The van der Waals surface area contributed by atoms with Crippen LogP contribution >= 0.6 is 22.6 Å². The van der Waals surface area contributed by atoms with Crippen molar-refractivity contribution in [3.05, 3.63) is 11.6 Å². The lowest BCUT2D eigenvalue weighted by atomic mass is 10.3. The van der Waals surface area contributed by atoms with Crippen LogP contribution in [0.15, 0.2) is 11.6 Å². The summed E-state index contributed by atoms with van der Waals surface area (Å²) in [6.45, 7) is 5.63. The lowest BCUT2D eigenvalue weighted by molar-refractivity contribution is -0.0987. The molecule has 1 heterocycles. The van der Waals surface area contributed by atoms with Gasteiger partial charge in [-0.05, 0) is 20.3 Å². The SMILES string of the molecule is C/C=C(\C)COC1OCC[C@H]1I. The largest absolute Gasteiger partial charge is 0.351 e. The Kier molecular flexibility index (Phi) is 4.53. The molecule has 0 bridgehead atoms. The molecule has 70 valence electrons. The number of hydrogen-bond donors (Lipinski definition) is 0. The minimum atomic E-state index is 0.0144. The molecule has 1 unspecified atom stereocenters. The molecule has 0 amide bonds. The van der Waals surface area contributed by atoms with Crippen molar-refractivity contribution in [2.75, 3.05) is 13.2 Å². The zero-order chi connectivity index (χ0) is 8.97. The maximum absolute atomic E-state index is 5.57. The van der Waals surface area contributed by atoms with Gasteiger partial charge in [-0.1, -0.05) is 34.2 Å².